The van der Waals surface area contributed by atoms with Gasteiger partial charge in [-0.1, -0.05) is 0 Å². The molecule has 0 aliphatic rings. The van der Waals surface area contributed by atoms with E-state index in [9.17, 15) is 0 Å². The van der Waals surface area contributed by atoms with Crippen LogP contribution >= 0.6 is 0 Å². The summed E-state index contributed by atoms with van der Waals surface area (Å²) in [6.07, 6.45) is 5.47. The maximum atomic E-state index is 5.06. The van der Waals surface area contributed by atoms with E-state index in [-0.39, 0.29) is 0 Å². The summed E-state index contributed by atoms with van der Waals surface area (Å²) in [7, 11) is 1.60. The van der Waals surface area contributed by atoms with Gasteiger partial charge in [-0.3, -0.25) is 4.68 Å². The van der Waals surface area contributed by atoms with Crippen LogP contribution in [0.5, 0.6) is 5.88 Å². The number of aromatic nitrogens is 3. The molecule has 2 rings (SSSR count). The molecule has 0 bridgehead atoms. The molecule has 90 valence electrons. The smallest absolute Gasteiger partial charge is 0.214 e. The predicted octanol–water partition coefficient (Wildman–Crippen LogP) is 2.61. The number of hydrogen-bond acceptors (Lipinski definition) is 4. The molecule has 2 aromatic heterocycles. The Morgan fingerprint density at radius 1 is 1.35 bits per heavy atom. The second-order valence-corrected chi connectivity index (χ2v) is 4.01. The maximum absolute atomic E-state index is 5.06. The highest BCUT2D eigenvalue weighted by molar-refractivity contribution is 5.58. The molecule has 0 fully saturated rings. The molecule has 0 saturated heterocycles. The lowest BCUT2D eigenvalue weighted by atomic mass is 10.4. The van der Waals surface area contributed by atoms with Crippen molar-refractivity contribution in [3.05, 3.63) is 30.7 Å². The van der Waals surface area contributed by atoms with Crippen LogP contribution in [0.2, 0.25) is 0 Å². The Kier molecular flexibility index (Phi) is 3.27. The van der Waals surface area contributed by atoms with Crippen molar-refractivity contribution in [1.82, 2.24) is 14.8 Å². The van der Waals surface area contributed by atoms with Gasteiger partial charge in [0.15, 0.2) is 0 Å². The fraction of sp³-hybridized carbons (Fsp3) is 0.333. The van der Waals surface area contributed by atoms with Gasteiger partial charge in [-0.15, -0.1) is 0 Å². The molecule has 1 N–H and O–H groups in total. The summed E-state index contributed by atoms with van der Waals surface area (Å²) in [5, 5.41) is 7.51. The van der Waals surface area contributed by atoms with E-state index in [2.05, 4.69) is 29.2 Å². The fourth-order valence-corrected chi connectivity index (χ4v) is 1.45. The summed E-state index contributed by atoms with van der Waals surface area (Å²) in [4.78, 5) is 4.05. The zero-order chi connectivity index (χ0) is 12.3. The first-order chi connectivity index (χ1) is 8.19. The second-order valence-electron chi connectivity index (χ2n) is 4.01. The molecule has 0 amide bonds. The zero-order valence-corrected chi connectivity index (χ0v) is 10.2. The Bertz CT molecular complexity index is 493. The average molecular weight is 232 g/mol. The average Bonchev–Trinajstić information content (AvgIpc) is 2.78. The molecule has 5 nitrogen and oxygen atoms in total. The van der Waals surface area contributed by atoms with E-state index in [1.807, 2.05) is 23.0 Å². The van der Waals surface area contributed by atoms with Crippen LogP contribution in [0, 0.1) is 0 Å². The molecule has 2 heterocycles. The van der Waals surface area contributed by atoms with Gasteiger partial charge in [0.25, 0.3) is 0 Å². The van der Waals surface area contributed by atoms with Crippen molar-refractivity contribution in [1.29, 1.82) is 0 Å². The van der Waals surface area contributed by atoms with E-state index in [0.29, 0.717) is 11.9 Å². The minimum atomic E-state index is 0.359. The summed E-state index contributed by atoms with van der Waals surface area (Å²) in [5.41, 5.74) is 1.88. The van der Waals surface area contributed by atoms with E-state index >= 15 is 0 Å². The standard InChI is InChI=1S/C12H16N4O/c1-9(2)16-8-11(7-14-16)15-10-4-5-13-12(6-10)17-3/h4-9H,1-3H3,(H,13,15). The van der Waals surface area contributed by atoms with Crippen LogP contribution in [0.3, 0.4) is 0 Å². The van der Waals surface area contributed by atoms with Gasteiger partial charge in [0.1, 0.15) is 0 Å². The molecule has 5 heteroatoms. The number of methoxy groups -OCH3 is 1. The van der Waals surface area contributed by atoms with Gasteiger partial charge in [0, 0.05) is 30.2 Å². The van der Waals surface area contributed by atoms with Crippen molar-refractivity contribution in [2.24, 2.45) is 0 Å². The molecule has 0 unspecified atom stereocenters. The van der Waals surface area contributed by atoms with Gasteiger partial charge in [-0.25, -0.2) is 4.98 Å². The quantitative estimate of drug-likeness (QED) is 0.880. The zero-order valence-electron chi connectivity index (χ0n) is 10.2. The molecule has 0 saturated carbocycles. The number of rotatable bonds is 4. The first kappa shape index (κ1) is 11.4. The highest BCUT2D eigenvalue weighted by atomic mass is 16.5. The summed E-state index contributed by atoms with van der Waals surface area (Å²) < 4.78 is 6.97. The Hall–Kier alpha value is -2.04. The first-order valence-corrected chi connectivity index (χ1v) is 5.50. The van der Waals surface area contributed by atoms with E-state index in [1.54, 1.807) is 19.5 Å². The monoisotopic (exact) mass is 232 g/mol. The summed E-state index contributed by atoms with van der Waals surface area (Å²) >= 11 is 0. The van der Waals surface area contributed by atoms with Gasteiger partial charge in [-0.2, -0.15) is 5.10 Å². The van der Waals surface area contributed by atoms with Gasteiger partial charge in [0.2, 0.25) is 5.88 Å². The van der Waals surface area contributed by atoms with Crippen LogP contribution in [0.15, 0.2) is 30.7 Å². The molecule has 0 spiro atoms. The number of nitrogens with zero attached hydrogens (tertiary/aromatic N) is 3. The lowest BCUT2D eigenvalue weighted by Crippen LogP contribution is -2.00. The Morgan fingerprint density at radius 3 is 2.82 bits per heavy atom. The largest absolute Gasteiger partial charge is 0.481 e. The molecule has 2 aromatic rings. The van der Waals surface area contributed by atoms with Crippen molar-refractivity contribution in [2.45, 2.75) is 19.9 Å². The third kappa shape index (κ3) is 2.75. The molecular weight excluding hydrogens is 216 g/mol. The van der Waals surface area contributed by atoms with E-state index < -0.39 is 0 Å². The van der Waals surface area contributed by atoms with E-state index in [4.69, 9.17) is 4.74 Å². The molecular formula is C12H16N4O. The number of nitrogens with one attached hydrogen (secondary N) is 1. The van der Waals surface area contributed by atoms with Crippen LogP contribution in [-0.2, 0) is 0 Å². The topological polar surface area (TPSA) is 52.0 Å². The minimum absolute atomic E-state index is 0.359. The Morgan fingerprint density at radius 2 is 2.18 bits per heavy atom. The second kappa shape index (κ2) is 4.86. The van der Waals surface area contributed by atoms with Gasteiger partial charge >= 0.3 is 0 Å². The third-order valence-corrected chi connectivity index (χ3v) is 2.36. The highest BCUT2D eigenvalue weighted by Crippen LogP contribution is 2.19. The Labute approximate surface area is 100 Å². The lowest BCUT2D eigenvalue weighted by molar-refractivity contribution is 0.398. The normalized spacial score (nSPS) is 10.6. The predicted molar refractivity (Wildman–Crippen MR) is 66.7 cm³/mol. The fourth-order valence-electron chi connectivity index (χ4n) is 1.45. The van der Waals surface area contributed by atoms with Crippen molar-refractivity contribution >= 4 is 11.4 Å². The van der Waals surface area contributed by atoms with Gasteiger partial charge in [0.05, 0.1) is 19.0 Å². The lowest BCUT2D eigenvalue weighted by Gasteiger charge is -2.05. The summed E-state index contributed by atoms with van der Waals surface area (Å²) in [6, 6.07) is 4.08. The van der Waals surface area contributed by atoms with Crippen molar-refractivity contribution < 1.29 is 4.74 Å². The van der Waals surface area contributed by atoms with Crippen LogP contribution < -0.4 is 10.1 Å². The van der Waals surface area contributed by atoms with Crippen LogP contribution in [0.25, 0.3) is 0 Å². The molecule has 0 radical (unpaired) electrons. The summed E-state index contributed by atoms with van der Waals surface area (Å²) in [6.45, 7) is 4.18. The third-order valence-electron chi connectivity index (χ3n) is 2.36. The number of ether oxygens (including phenoxy) is 1. The molecule has 0 aliphatic heterocycles. The molecule has 0 aromatic carbocycles. The van der Waals surface area contributed by atoms with Crippen LogP contribution in [-0.4, -0.2) is 21.9 Å². The van der Waals surface area contributed by atoms with Gasteiger partial charge in [-0.05, 0) is 19.9 Å². The van der Waals surface area contributed by atoms with E-state index in [1.165, 1.54) is 0 Å². The maximum Gasteiger partial charge on any atom is 0.214 e. The number of pyridine rings is 1. The van der Waals surface area contributed by atoms with Crippen molar-refractivity contribution in [3.63, 3.8) is 0 Å². The molecule has 17 heavy (non-hydrogen) atoms. The molecule has 0 aliphatic carbocycles. The highest BCUT2D eigenvalue weighted by Gasteiger charge is 2.02. The first-order valence-electron chi connectivity index (χ1n) is 5.50. The molecule has 0 atom stereocenters. The van der Waals surface area contributed by atoms with Crippen LogP contribution in [0.1, 0.15) is 19.9 Å². The van der Waals surface area contributed by atoms with Gasteiger partial charge < -0.3 is 10.1 Å². The van der Waals surface area contributed by atoms with E-state index in [0.717, 1.165) is 11.4 Å². The summed E-state index contributed by atoms with van der Waals surface area (Å²) in [5.74, 6) is 0.589. The van der Waals surface area contributed by atoms with Crippen molar-refractivity contribution in [3.8, 4) is 5.88 Å². The van der Waals surface area contributed by atoms with Crippen molar-refractivity contribution in [2.75, 3.05) is 12.4 Å². The number of hydrogen-bond donors (Lipinski definition) is 1. The SMILES string of the molecule is COc1cc(Nc2cnn(C(C)C)c2)ccn1. The van der Waals surface area contributed by atoms with Crippen LogP contribution in [0.4, 0.5) is 11.4 Å². The Balaban J connectivity index is 2.13. The number of anilines is 2. The minimum Gasteiger partial charge on any atom is -0.481 e.